The maximum absolute atomic E-state index is 12.9. The third-order valence-electron chi connectivity index (χ3n) is 4.67. The molecular formula is C20H24N4O2. The van der Waals surface area contributed by atoms with E-state index in [1.165, 1.54) is 6.92 Å². The fourth-order valence-corrected chi connectivity index (χ4v) is 3.39. The van der Waals surface area contributed by atoms with Gasteiger partial charge in [0.05, 0.1) is 17.1 Å². The van der Waals surface area contributed by atoms with E-state index in [1.807, 2.05) is 38.1 Å². The number of aromatic amines is 2. The van der Waals surface area contributed by atoms with Gasteiger partial charge in [-0.05, 0) is 44.4 Å². The number of imidazole rings is 1. The van der Waals surface area contributed by atoms with E-state index in [2.05, 4.69) is 20.3 Å². The molecule has 0 spiro atoms. The van der Waals surface area contributed by atoms with E-state index in [0.717, 1.165) is 16.9 Å². The number of carbonyl (C=O) groups is 2. The van der Waals surface area contributed by atoms with Gasteiger partial charge in [-0.3, -0.25) is 9.59 Å². The van der Waals surface area contributed by atoms with Gasteiger partial charge >= 0.3 is 0 Å². The fourth-order valence-electron chi connectivity index (χ4n) is 3.39. The summed E-state index contributed by atoms with van der Waals surface area (Å²) in [6, 6.07) is 7.51. The topological polar surface area (TPSA) is 90.6 Å². The Morgan fingerprint density at radius 2 is 1.81 bits per heavy atom. The molecule has 0 saturated carbocycles. The maximum atomic E-state index is 12.9. The SMILES string of the molecule is CC(=O)c1c(C)[nH]c(C(=O)NC(c2nc3ccccc3[nH]2)C(C)C)c1C. The van der Waals surface area contributed by atoms with Crippen molar-refractivity contribution in [1.29, 1.82) is 0 Å². The fraction of sp³-hybridized carbons (Fsp3) is 0.350. The Morgan fingerprint density at radius 3 is 2.38 bits per heavy atom. The summed E-state index contributed by atoms with van der Waals surface area (Å²) in [5.74, 6) is 0.579. The number of nitrogens with zero attached hydrogens (tertiary/aromatic N) is 1. The van der Waals surface area contributed by atoms with E-state index in [-0.39, 0.29) is 23.7 Å². The number of amides is 1. The van der Waals surface area contributed by atoms with Crippen molar-refractivity contribution in [3.63, 3.8) is 0 Å². The minimum Gasteiger partial charge on any atom is -0.354 e. The van der Waals surface area contributed by atoms with E-state index in [4.69, 9.17) is 0 Å². The Bertz CT molecular complexity index is 948. The Labute approximate surface area is 152 Å². The van der Waals surface area contributed by atoms with Crippen molar-refractivity contribution in [2.75, 3.05) is 0 Å². The number of Topliss-reactive ketones (excluding diaryl/α,β-unsaturated/α-hetero) is 1. The molecule has 2 heterocycles. The van der Waals surface area contributed by atoms with Crippen LogP contribution in [0, 0.1) is 19.8 Å². The lowest BCUT2D eigenvalue weighted by Gasteiger charge is -2.20. The highest BCUT2D eigenvalue weighted by molar-refractivity contribution is 6.02. The second-order valence-corrected chi connectivity index (χ2v) is 7.02. The first-order valence-electron chi connectivity index (χ1n) is 8.75. The van der Waals surface area contributed by atoms with Crippen molar-refractivity contribution < 1.29 is 9.59 Å². The maximum Gasteiger partial charge on any atom is 0.268 e. The Morgan fingerprint density at radius 1 is 1.12 bits per heavy atom. The van der Waals surface area contributed by atoms with Crippen LogP contribution in [0.5, 0.6) is 0 Å². The highest BCUT2D eigenvalue weighted by atomic mass is 16.2. The number of aryl methyl sites for hydroxylation is 1. The molecule has 0 aliphatic heterocycles. The molecule has 0 saturated heterocycles. The molecule has 1 amide bonds. The first kappa shape index (κ1) is 17.9. The number of para-hydroxylation sites is 2. The first-order chi connectivity index (χ1) is 12.3. The number of carbonyl (C=O) groups excluding carboxylic acids is 2. The summed E-state index contributed by atoms with van der Waals surface area (Å²) in [6.45, 7) is 9.18. The molecule has 0 radical (unpaired) electrons. The molecule has 0 aliphatic carbocycles. The summed E-state index contributed by atoms with van der Waals surface area (Å²) in [5.41, 5.74) is 4.21. The predicted molar refractivity (Wildman–Crippen MR) is 101 cm³/mol. The second-order valence-electron chi connectivity index (χ2n) is 7.02. The highest BCUT2D eigenvalue weighted by Gasteiger charge is 2.25. The van der Waals surface area contributed by atoms with Crippen molar-refractivity contribution in [3.8, 4) is 0 Å². The smallest absolute Gasteiger partial charge is 0.268 e. The van der Waals surface area contributed by atoms with Gasteiger partial charge in [0.25, 0.3) is 5.91 Å². The minimum absolute atomic E-state index is 0.0482. The van der Waals surface area contributed by atoms with Gasteiger partial charge in [0, 0.05) is 11.3 Å². The van der Waals surface area contributed by atoms with Crippen LogP contribution in [0.15, 0.2) is 24.3 Å². The molecule has 1 unspecified atom stereocenters. The molecular weight excluding hydrogens is 328 g/mol. The van der Waals surface area contributed by atoms with Gasteiger partial charge < -0.3 is 15.3 Å². The number of rotatable bonds is 5. The van der Waals surface area contributed by atoms with Crippen molar-refractivity contribution in [1.82, 2.24) is 20.3 Å². The summed E-state index contributed by atoms with van der Waals surface area (Å²) in [7, 11) is 0. The summed E-state index contributed by atoms with van der Waals surface area (Å²) >= 11 is 0. The van der Waals surface area contributed by atoms with Crippen LogP contribution in [-0.2, 0) is 0 Å². The summed E-state index contributed by atoms with van der Waals surface area (Å²) in [6.07, 6.45) is 0. The predicted octanol–water partition coefficient (Wildman–Crippen LogP) is 3.84. The molecule has 136 valence electrons. The Balaban J connectivity index is 1.92. The molecule has 0 aliphatic rings. The van der Waals surface area contributed by atoms with Crippen LogP contribution in [0.3, 0.4) is 0 Å². The molecule has 2 aromatic heterocycles. The number of hydrogen-bond acceptors (Lipinski definition) is 3. The molecule has 26 heavy (non-hydrogen) atoms. The molecule has 6 heteroatoms. The molecule has 1 aromatic carbocycles. The number of hydrogen-bond donors (Lipinski definition) is 3. The lowest BCUT2D eigenvalue weighted by Crippen LogP contribution is -2.33. The Hall–Kier alpha value is -2.89. The van der Waals surface area contributed by atoms with Crippen LogP contribution in [0.1, 0.15) is 64.7 Å². The van der Waals surface area contributed by atoms with Gasteiger partial charge in [-0.2, -0.15) is 0 Å². The second kappa shape index (κ2) is 6.78. The van der Waals surface area contributed by atoms with Crippen LogP contribution in [0.4, 0.5) is 0 Å². The van der Waals surface area contributed by atoms with E-state index in [9.17, 15) is 9.59 Å². The zero-order valence-corrected chi connectivity index (χ0v) is 15.7. The standard InChI is InChI=1S/C20H24N4O2/c1-10(2)17(19-22-14-8-6-7-9-15(14)23-19)24-20(26)18-11(3)16(13(5)25)12(4)21-18/h6-10,17,21H,1-5H3,(H,22,23)(H,24,26). The average Bonchev–Trinajstić information content (AvgIpc) is 3.12. The number of H-pyrrole nitrogens is 2. The van der Waals surface area contributed by atoms with Gasteiger partial charge in [0.2, 0.25) is 0 Å². The van der Waals surface area contributed by atoms with E-state index >= 15 is 0 Å². The van der Waals surface area contributed by atoms with Gasteiger partial charge in [0.1, 0.15) is 11.5 Å². The highest BCUT2D eigenvalue weighted by Crippen LogP contribution is 2.24. The van der Waals surface area contributed by atoms with Crippen molar-refractivity contribution >= 4 is 22.7 Å². The molecule has 6 nitrogen and oxygen atoms in total. The average molecular weight is 352 g/mol. The summed E-state index contributed by atoms with van der Waals surface area (Å²) < 4.78 is 0. The van der Waals surface area contributed by atoms with E-state index in [0.29, 0.717) is 22.5 Å². The molecule has 3 N–H and O–H groups in total. The van der Waals surface area contributed by atoms with Crippen molar-refractivity contribution in [3.05, 3.63) is 52.6 Å². The van der Waals surface area contributed by atoms with Crippen LogP contribution in [-0.4, -0.2) is 26.6 Å². The van der Waals surface area contributed by atoms with Gasteiger partial charge in [0.15, 0.2) is 5.78 Å². The van der Waals surface area contributed by atoms with Crippen LogP contribution < -0.4 is 5.32 Å². The molecule has 3 rings (SSSR count). The van der Waals surface area contributed by atoms with Crippen LogP contribution >= 0.6 is 0 Å². The van der Waals surface area contributed by atoms with Gasteiger partial charge in [-0.1, -0.05) is 26.0 Å². The van der Waals surface area contributed by atoms with Crippen molar-refractivity contribution in [2.45, 2.75) is 40.7 Å². The summed E-state index contributed by atoms with van der Waals surface area (Å²) in [5, 5.41) is 3.06. The van der Waals surface area contributed by atoms with Gasteiger partial charge in [-0.25, -0.2) is 4.98 Å². The zero-order chi connectivity index (χ0) is 19.0. The molecule has 3 aromatic rings. The lowest BCUT2D eigenvalue weighted by molar-refractivity contribution is 0.0918. The number of ketones is 1. The monoisotopic (exact) mass is 352 g/mol. The Kier molecular flexibility index (Phi) is 4.68. The van der Waals surface area contributed by atoms with Crippen LogP contribution in [0.2, 0.25) is 0 Å². The number of nitrogens with one attached hydrogen (secondary N) is 3. The van der Waals surface area contributed by atoms with Crippen molar-refractivity contribution in [2.24, 2.45) is 5.92 Å². The summed E-state index contributed by atoms with van der Waals surface area (Å²) in [4.78, 5) is 35.6. The number of aromatic nitrogens is 3. The molecule has 0 fully saturated rings. The lowest BCUT2D eigenvalue weighted by atomic mass is 10.0. The van der Waals surface area contributed by atoms with Gasteiger partial charge in [-0.15, -0.1) is 0 Å². The van der Waals surface area contributed by atoms with Crippen LogP contribution in [0.25, 0.3) is 11.0 Å². The quantitative estimate of drug-likeness (QED) is 0.609. The largest absolute Gasteiger partial charge is 0.354 e. The van der Waals surface area contributed by atoms with E-state index < -0.39 is 0 Å². The first-order valence-corrected chi connectivity index (χ1v) is 8.75. The molecule has 1 atom stereocenters. The third kappa shape index (κ3) is 3.14. The van der Waals surface area contributed by atoms with E-state index in [1.54, 1.807) is 13.8 Å². The normalized spacial score (nSPS) is 12.5. The molecule has 0 bridgehead atoms. The number of benzene rings is 1. The third-order valence-corrected chi connectivity index (χ3v) is 4.67. The zero-order valence-electron chi connectivity index (χ0n) is 15.7. The number of fused-ring (bicyclic) bond motifs is 1. The minimum atomic E-state index is -0.265.